The number of phenols is 1. The van der Waals surface area contributed by atoms with Crippen molar-refractivity contribution in [2.24, 2.45) is 0 Å². The molecule has 1 fully saturated rings. The Balaban J connectivity index is 2.21. The minimum Gasteiger partial charge on any atom is -0.502 e. The van der Waals surface area contributed by atoms with Gasteiger partial charge < -0.3 is 14.9 Å². The van der Waals surface area contributed by atoms with E-state index in [9.17, 15) is 20.0 Å². The fourth-order valence-corrected chi connectivity index (χ4v) is 3.31. The summed E-state index contributed by atoms with van der Waals surface area (Å²) in [4.78, 5) is 26.6. The highest BCUT2D eigenvalue weighted by molar-refractivity contribution is 5.95. The molecule has 2 rings (SSSR count). The topological polar surface area (TPSA) is 86.9 Å². The molecule has 1 aromatic rings. The molecule has 1 amide bonds. The Morgan fingerprint density at radius 1 is 1.22 bits per heavy atom. The van der Waals surface area contributed by atoms with Gasteiger partial charge in [0.15, 0.2) is 5.75 Å². The molecule has 0 aliphatic heterocycles. The lowest BCUT2D eigenvalue weighted by molar-refractivity contribution is -0.385. The number of likely N-dealkylation sites (N-methyl/N-ethyl adjacent to an activating group) is 2. The summed E-state index contributed by atoms with van der Waals surface area (Å²) >= 11 is 0. The minimum absolute atomic E-state index is 0.101. The lowest BCUT2D eigenvalue weighted by atomic mass is 9.88. The van der Waals surface area contributed by atoms with Crippen LogP contribution in [-0.2, 0) is 0 Å². The summed E-state index contributed by atoms with van der Waals surface area (Å²) in [5.41, 5.74) is -0.133. The van der Waals surface area contributed by atoms with Crippen LogP contribution in [0.5, 0.6) is 5.75 Å². The third kappa shape index (κ3) is 3.61. The van der Waals surface area contributed by atoms with Gasteiger partial charge in [0.1, 0.15) is 0 Å². The Labute approximate surface area is 135 Å². The molecular weight excluding hydrogens is 298 g/mol. The normalized spacial score (nSPS) is 21.2. The van der Waals surface area contributed by atoms with Crippen molar-refractivity contribution in [3.8, 4) is 5.75 Å². The van der Waals surface area contributed by atoms with E-state index in [1.165, 1.54) is 18.2 Å². The van der Waals surface area contributed by atoms with Gasteiger partial charge in [0.2, 0.25) is 0 Å². The number of hydrogen-bond acceptors (Lipinski definition) is 5. The van der Waals surface area contributed by atoms with Crippen LogP contribution < -0.4 is 0 Å². The minimum atomic E-state index is -0.670. The highest BCUT2D eigenvalue weighted by Gasteiger charge is 2.32. The molecule has 0 saturated heterocycles. The number of phenolic OH excluding ortho intramolecular Hbond substituents is 1. The Morgan fingerprint density at radius 2 is 1.83 bits per heavy atom. The second kappa shape index (κ2) is 6.95. The van der Waals surface area contributed by atoms with Gasteiger partial charge in [-0.05, 0) is 39.1 Å². The van der Waals surface area contributed by atoms with E-state index < -0.39 is 16.4 Å². The average molecular weight is 321 g/mol. The van der Waals surface area contributed by atoms with E-state index in [2.05, 4.69) is 4.90 Å². The first-order chi connectivity index (χ1) is 10.8. The summed E-state index contributed by atoms with van der Waals surface area (Å²) in [6.45, 7) is 0. The zero-order valence-electron chi connectivity index (χ0n) is 13.7. The number of carbonyl (C=O) groups excluding carboxylic acids is 1. The van der Waals surface area contributed by atoms with Gasteiger partial charge in [0.25, 0.3) is 5.91 Å². The number of carbonyl (C=O) groups is 1. The molecule has 1 aliphatic carbocycles. The summed E-state index contributed by atoms with van der Waals surface area (Å²) in [6, 6.07) is 4.13. The number of aromatic hydroxyl groups is 1. The van der Waals surface area contributed by atoms with Gasteiger partial charge in [-0.15, -0.1) is 0 Å². The fourth-order valence-electron chi connectivity index (χ4n) is 3.31. The van der Waals surface area contributed by atoms with E-state index in [4.69, 9.17) is 0 Å². The lowest BCUT2D eigenvalue weighted by Crippen LogP contribution is -2.51. The van der Waals surface area contributed by atoms with Crippen molar-refractivity contribution in [2.75, 3.05) is 21.1 Å². The maximum atomic E-state index is 12.7. The largest absolute Gasteiger partial charge is 0.502 e. The first-order valence-corrected chi connectivity index (χ1v) is 7.74. The van der Waals surface area contributed by atoms with Crippen LogP contribution in [0.2, 0.25) is 0 Å². The first-order valence-electron chi connectivity index (χ1n) is 7.74. The number of benzene rings is 1. The zero-order chi connectivity index (χ0) is 17.1. The van der Waals surface area contributed by atoms with Crippen LogP contribution in [0.25, 0.3) is 0 Å². The zero-order valence-corrected chi connectivity index (χ0v) is 13.7. The predicted molar refractivity (Wildman–Crippen MR) is 86.6 cm³/mol. The second-order valence-electron chi connectivity index (χ2n) is 6.26. The molecule has 1 aromatic carbocycles. The van der Waals surface area contributed by atoms with Crippen LogP contribution in [0.3, 0.4) is 0 Å². The third-order valence-electron chi connectivity index (χ3n) is 4.59. The maximum Gasteiger partial charge on any atom is 0.310 e. The second-order valence-corrected chi connectivity index (χ2v) is 6.26. The maximum absolute atomic E-state index is 12.7. The molecule has 0 aromatic heterocycles. The molecule has 0 spiro atoms. The van der Waals surface area contributed by atoms with E-state index in [0.717, 1.165) is 25.7 Å². The molecule has 1 saturated carbocycles. The molecule has 7 heteroatoms. The summed E-state index contributed by atoms with van der Waals surface area (Å²) in [5, 5.41) is 20.5. The Kier molecular flexibility index (Phi) is 5.20. The lowest BCUT2D eigenvalue weighted by Gasteiger charge is -2.41. The third-order valence-corrected chi connectivity index (χ3v) is 4.59. The summed E-state index contributed by atoms with van der Waals surface area (Å²) in [5.74, 6) is -0.712. The standard InChI is InChI=1S/C16H23N3O4/c1-17(2)12-6-4-5-7-13(12)18(3)16(21)11-8-9-14(19(22)23)15(20)10-11/h8-10,12-13,20H,4-7H2,1-3H3/t12-,13-/m1/s1. The molecule has 1 N–H and O–H groups in total. The van der Waals surface area contributed by atoms with Crippen LogP contribution in [0, 0.1) is 10.1 Å². The Hall–Kier alpha value is -2.15. The Morgan fingerprint density at radius 3 is 2.35 bits per heavy atom. The van der Waals surface area contributed by atoms with Crippen molar-refractivity contribution >= 4 is 11.6 Å². The average Bonchev–Trinajstić information content (AvgIpc) is 2.52. The van der Waals surface area contributed by atoms with Crippen LogP contribution in [-0.4, -0.2) is 59.0 Å². The first kappa shape index (κ1) is 17.2. The highest BCUT2D eigenvalue weighted by atomic mass is 16.6. The van der Waals surface area contributed by atoms with Gasteiger partial charge in [-0.3, -0.25) is 14.9 Å². The van der Waals surface area contributed by atoms with Crippen LogP contribution >= 0.6 is 0 Å². The summed E-state index contributed by atoms with van der Waals surface area (Å²) < 4.78 is 0. The molecule has 0 unspecified atom stereocenters. The molecule has 0 bridgehead atoms. The molecule has 7 nitrogen and oxygen atoms in total. The highest BCUT2D eigenvalue weighted by Crippen LogP contribution is 2.29. The van der Waals surface area contributed by atoms with Crippen LogP contribution in [0.15, 0.2) is 18.2 Å². The van der Waals surface area contributed by atoms with Gasteiger partial charge >= 0.3 is 5.69 Å². The van der Waals surface area contributed by atoms with Crippen molar-refractivity contribution in [1.82, 2.24) is 9.80 Å². The van der Waals surface area contributed by atoms with Crippen molar-refractivity contribution < 1.29 is 14.8 Å². The fraction of sp³-hybridized carbons (Fsp3) is 0.562. The quantitative estimate of drug-likeness (QED) is 0.679. The van der Waals surface area contributed by atoms with Crippen molar-refractivity contribution in [2.45, 2.75) is 37.8 Å². The van der Waals surface area contributed by atoms with E-state index >= 15 is 0 Å². The van der Waals surface area contributed by atoms with Gasteiger partial charge in [0, 0.05) is 30.8 Å². The van der Waals surface area contributed by atoms with Crippen molar-refractivity contribution in [3.05, 3.63) is 33.9 Å². The molecule has 126 valence electrons. The monoisotopic (exact) mass is 321 g/mol. The predicted octanol–water partition coefficient (Wildman–Crippen LogP) is 2.25. The number of amides is 1. The summed E-state index contributed by atoms with van der Waals surface area (Å²) in [7, 11) is 5.78. The van der Waals surface area contributed by atoms with Gasteiger partial charge in [0.05, 0.1) is 4.92 Å². The van der Waals surface area contributed by atoms with E-state index in [-0.39, 0.29) is 17.5 Å². The molecule has 1 aliphatic rings. The number of nitrogens with zero attached hydrogens (tertiary/aromatic N) is 3. The van der Waals surface area contributed by atoms with Crippen LogP contribution in [0.4, 0.5) is 5.69 Å². The van der Waals surface area contributed by atoms with Crippen molar-refractivity contribution in [1.29, 1.82) is 0 Å². The van der Waals surface area contributed by atoms with Gasteiger partial charge in [-0.1, -0.05) is 12.8 Å². The molecular formula is C16H23N3O4. The number of nitro benzene ring substituents is 1. The van der Waals surface area contributed by atoms with E-state index in [1.807, 2.05) is 14.1 Å². The van der Waals surface area contributed by atoms with Crippen molar-refractivity contribution in [3.63, 3.8) is 0 Å². The smallest absolute Gasteiger partial charge is 0.310 e. The number of hydrogen-bond donors (Lipinski definition) is 1. The number of nitro groups is 1. The Bertz CT molecular complexity index is 603. The van der Waals surface area contributed by atoms with Gasteiger partial charge in [-0.25, -0.2) is 0 Å². The van der Waals surface area contributed by atoms with Crippen LogP contribution in [0.1, 0.15) is 36.0 Å². The molecule has 0 heterocycles. The SMILES string of the molecule is CN(C)[C@@H]1CCCC[C@H]1N(C)C(=O)c1ccc([N+](=O)[O-])c(O)c1. The molecule has 0 radical (unpaired) electrons. The van der Waals surface area contributed by atoms with E-state index in [0.29, 0.717) is 6.04 Å². The molecule has 2 atom stereocenters. The van der Waals surface area contributed by atoms with E-state index in [1.54, 1.807) is 11.9 Å². The van der Waals surface area contributed by atoms with Gasteiger partial charge in [-0.2, -0.15) is 0 Å². The molecule has 23 heavy (non-hydrogen) atoms. The number of rotatable bonds is 4. The summed E-state index contributed by atoms with van der Waals surface area (Å²) in [6.07, 6.45) is 4.21.